The predicted molar refractivity (Wildman–Crippen MR) is 131 cm³/mol. The molecule has 186 valence electrons. The van der Waals surface area contributed by atoms with Crippen LogP contribution in [0, 0.1) is 0 Å². The zero-order chi connectivity index (χ0) is 24.7. The summed E-state index contributed by atoms with van der Waals surface area (Å²) < 4.78 is 10.9. The molecule has 9 heteroatoms. The molecule has 1 aliphatic carbocycles. The minimum atomic E-state index is -0.689. The zero-order valence-electron chi connectivity index (χ0n) is 20.0. The summed E-state index contributed by atoms with van der Waals surface area (Å²) in [7, 11) is 1.63. The molecule has 1 aliphatic heterocycles. The summed E-state index contributed by atoms with van der Waals surface area (Å²) in [6, 6.07) is 14.5. The normalized spacial score (nSPS) is 16.4. The second-order valence-corrected chi connectivity index (χ2v) is 8.95. The Kier molecular flexibility index (Phi) is 7.87. The van der Waals surface area contributed by atoms with Crippen molar-refractivity contribution in [2.24, 2.45) is 0 Å². The van der Waals surface area contributed by atoms with Crippen LogP contribution in [0.25, 0.3) is 0 Å². The maximum Gasteiger partial charge on any atom is 0.325 e. The molecule has 1 spiro atoms. The van der Waals surface area contributed by atoms with Crippen molar-refractivity contribution in [2.75, 3.05) is 25.5 Å². The number of nitrogens with one attached hydrogen (secondary N) is 3. The smallest absolute Gasteiger partial charge is 0.325 e. The highest BCUT2D eigenvalue weighted by Gasteiger charge is 2.51. The number of urea groups is 2. The monoisotopic (exact) mass is 480 g/mol. The lowest BCUT2D eigenvalue weighted by Gasteiger charge is -2.20. The molecule has 1 heterocycles. The quantitative estimate of drug-likeness (QED) is 0.354. The molecule has 0 aromatic heterocycles. The second kappa shape index (κ2) is 11.2. The van der Waals surface area contributed by atoms with E-state index in [1.807, 2.05) is 42.5 Å². The van der Waals surface area contributed by atoms with Gasteiger partial charge in [0.15, 0.2) is 0 Å². The summed E-state index contributed by atoms with van der Waals surface area (Å²) in [6.07, 6.45) is 3.82. The van der Waals surface area contributed by atoms with E-state index in [1.165, 1.54) is 4.90 Å². The van der Waals surface area contributed by atoms with Gasteiger partial charge in [-0.05, 0) is 54.7 Å². The first-order valence-corrected chi connectivity index (χ1v) is 12.0. The SMILES string of the molecule is COc1ccc(COCc2cccc(NC(=O)NCCCN3C(=O)NC4(CCCC4)C3=O)c2)cc1. The lowest BCUT2D eigenvalue weighted by atomic mass is 9.98. The summed E-state index contributed by atoms with van der Waals surface area (Å²) in [5.74, 6) is 0.675. The van der Waals surface area contributed by atoms with Crippen LogP contribution >= 0.6 is 0 Å². The summed E-state index contributed by atoms with van der Waals surface area (Å²) in [4.78, 5) is 38.4. The van der Waals surface area contributed by atoms with Crippen molar-refractivity contribution in [3.05, 3.63) is 59.7 Å². The number of imide groups is 1. The number of ether oxygens (including phenoxy) is 2. The van der Waals surface area contributed by atoms with Gasteiger partial charge in [0.1, 0.15) is 11.3 Å². The Labute approximate surface area is 205 Å². The highest BCUT2D eigenvalue weighted by atomic mass is 16.5. The van der Waals surface area contributed by atoms with E-state index in [1.54, 1.807) is 13.2 Å². The van der Waals surface area contributed by atoms with Crippen LogP contribution in [0.2, 0.25) is 0 Å². The van der Waals surface area contributed by atoms with Gasteiger partial charge in [-0.3, -0.25) is 9.69 Å². The fourth-order valence-electron chi connectivity index (χ4n) is 4.56. The molecule has 2 aromatic rings. The molecule has 2 fully saturated rings. The molecular formula is C26H32N4O5. The Balaban J connectivity index is 1.16. The van der Waals surface area contributed by atoms with Crippen molar-refractivity contribution >= 4 is 23.7 Å². The molecule has 2 aromatic carbocycles. The van der Waals surface area contributed by atoms with Crippen LogP contribution in [0.3, 0.4) is 0 Å². The van der Waals surface area contributed by atoms with Crippen LogP contribution in [0.15, 0.2) is 48.5 Å². The van der Waals surface area contributed by atoms with Crippen LogP contribution in [0.4, 0.5) is 15.3 Å². The van der Waals surface area contributed by atoms with Gasteiger partial charge in [-0.25, -0.2) is 9.59 Å². The fraction of sp³-hybridized carbons (Fsp3) is 0.423. The van der Waals surface area contributed by atoms with Gasteiger partial charge in [-0.15, -0.1) is 0 Å². The third-order valence-electron chi connectivity index (χ3n) is 6.43. The Morgan fingerprint density at radius 1 is 1.06 bits per heavy atom. The van der Waals surface area contributed by atoms with E-state index in [2.05, 4.69) is 16.0 Å². The molecule has 0 unspecified atom stereocenters. The van der Waals surface area contributed by atoms with Crippen LogP contribution in [-0.2, 0) is 22.7 Å². The summed E-state index contributed by atoms with van der Waals surface area (Å²) >= 11 is 0. The van der Waals surface area contributed by atoms with Crippen LogP contribution in [0.1, 0.15) is 43.2 Å². The molecule has 35 heavy (non-hydrogen) atoms. The molecular weight excluding hydrogens is 448 g/mol. The van der Waals surface area contributed by atoms with Gasteiger partial charge in [0.25, 0.3) is 5.91 Å². The highest BCUT2D eigenvalue weighted by molar-refractivity contribution is 6.07. The van der Waals surface area contributed by atoms with E-state index in [9.17, 15) is 14.4 Å². The summed E-state index contributed by atoms with van der Waals surface area (Å²) in [5.41, 5.74) is 1.96. The number of methoxy groups -OCH3 is 1. The predicted octanol–water partition coefficient (Wildman–Crippen LogP) is 3.79. The maximum atomic E-state index is 12.7. The third kappa shape index (κ3) is 6.10. The van der Waals surface area contributed by atoms with Crippen molar-refractivity contribution in [1.82, 2.24) is 15.5 Å². The lowest BCUT2D eigenvalue weighted by molar-refractivity contribution is -0.131. The Bertz CT molecular complexity index is 1050. The van der Waals surface area contributed by atoms with E-state index in [0.717, 1.165) is 29.7 Å². The minimum Gasteiger partial charge on any atom is -0.497 e. The standard InChI is InChI=1S/C26H32N4O5/c1-34-22-10-8-19(9-11-22)17-35-18-20-6-4-7-21(16-20)28-24(32)27-14-5-15-30-23(31)26(29-25(30)33)12-2-3-13-26/h4,6-11,16H,2-3,5,12-15,17-18H2,1H3,(H,29,33)(H2,27,28,32). The van der Waals surface area contributed by atoms with E-state index in [0.29, 0.717) is 44.7 Å². The second-order valence-electron chi connectivity index (χ2n) is 8.95. The maximum absolute atomic E-state index is 12.7. The topological polar surface area (TPSA) is 109 Å². The number of benzene rings is 2. The Morgan fingerprint density at radius 3 is 2.54 bits per heavy atom. The molecule has 4 rings (SSSR count). The Morgan fingerprint density at radius 2 is 1.80 bits per heavy atom. The minimum absolute atomic E-state index is 0.129. The van der Waals surface area contributed by atoms with Gasteiger partial charge in [-0.1, -0.05) is 37.1 Å². The largest absolute Gasteiger partial charge is 0.497 e. The molecule has 0 atom stereocenters. The van der Waals surface area contributed by atoms with E-state index >= 15 is 0 Å². The summed E-state index contributed by atoms with van der Waals surface area (Å²) in [6.45, 7) is 1.52. The average molecular weight is 481 g/mol. The van der Waals surface area contributed by atoms with Gasteiger partial charge in [0.05, 0.1) is 20.3 Å². The van der Waals surface area contributed by atoms with Crippen molar-refractivity contribution in [1.29, 1.82) is 0 Å². The number of rotatable bonds is 10. The van der Waals surface area contributed by atoms with Gasteiger partial charge in [0, 0.05) is 18.8 Å². The number of carbonyl (C=O) groups excluding carboxylic acids is 3. The van der Waals surface area contributed by atoms with Gasteiger partial charge in [-0.2, -0.15) is 0 Å². The Hall–Kier alpha value is -3.59. The molecule has 2 aliphatic rings. The molecule has 0 bridgehead atoms. The van der Waals surface area contributed by atoms with E-state index in [4.69, 9.17) is 9.47 Å². The van der Waals surface area contributed by atoms with E-state index < -0.39 is 5.54 Å². The molecule has 5 amide bonds. The highest BCUT2D eigenvalue weighted by Crippen LogP contribution is 2.35. The molecule has 9 nitrogen and oxygen atoms in total. The zero-order valence-corrected chi connectivity index (χ0v) is 20.0. The molecule has 1 saturated heterocycles. The van der Waals surface area contributed by atoms with Gasteiger partial charge >= 0.3 is 12.1 Å². The average Bonchev–Trinajstić information content (AvgIpc) is 3.42. The number of hydrogen-bond donors (Lipinski definition) is 3. The first-order valence-electron chi connectivity index (χ1n) is 12.0. The van der Waals surface area contributed by atoms with Crippen molar-refractivity contribution in [2.45, 2.75) is 50.9 Å². The molecule has 1 saturated carbocycles. The van der Waals surface area contributed by atoms with Crippen LogP contribution in [0.5, 0.6) is 5.75 Å². The number of carbonyl (C=O) groups is 3. The lowest BCUT2D eigenvalue weighted by Crippen LogP contribution is -2.44. The van der Waals surface area contributed by atoms with E-state index in [-0.39, 0.29) is 24.5 Å². The molecule has 0 radical (unpaired) electrons. The van der Waals surface area contributed by atoms with Crippen LogP contribution in [-0.4, -0.2) is 48.6 Å². The number of amides is 5. The number of hydrogen-bond acceptors (Lipinski definition) is 5. The molecule has 3 N–H and O–H groups in total. The van der Waals surface area contributed by atoms with Crippen molar-refractivity contribution < 1.29 is 23.9 Å². The van der Waals surface area contributed by atoms with Gasteiger partial charge in [0.2, 0.25) is 0 Å². The van der Waals surface area contributed by atoms with Gasteiger partial charge < -0.3 is 25.4 Å². The van der Waals surface area contributed by atoms with Crippen LogP contribution < -0.4 is 20.7 Å². The fourth-order valence-corrected chi connectivity index (χ4v) is 4.56. The first-order chi connectivity index (χ1) is 17.0. The number of nitrogens with zero attached hydrogens (tertiary/aromatic N) is 1. The summed E-state index contributed by atoms with van der Waals surface area (Å²) in [5, 5.41) is 8.45. The van der Waals surface area contributed by atoms with Crippen molar-refractivity contribution in [3.8, 4) is 5.75 Å². The van der Waals surface area contributed by atoms with Crippen molar-refractivity contribution in [3.63, 3.8) is 0 Å². The number of anilines is 1. The third-order valence-corrected chi connectivity index (χ3v) is 6.43. The first kappa shape index (κ1) is 24.5.